The number of likely N-dealkylation sites (N-methyl/N-ethyl adjacent to an activating group) is 1. The molecule has 0 aliphatic heterocycles. The molecule has 0 spiro atoms. The van der Waals surface area contributed by atoms with Crippen molar-refractivity contribution in [1.82, 2.24) is 4.90 Å². The first-order valence-corrected chi connectivity index (χ1v) is 7.36. The Kier molecular flexibility index (Phi) is 5.81. The molecule has 0 heterocycles. The Balaban J connectivity index is 2.49. The second kappa shape index (κ2) is 6.71. The minimum Gasteiger partial charge on any atom is -0.462 e. The lowest BCUT2D eigenvalue weighted by Gasteiger charge is -2.39. The lowest BCUT2D eigenvalue weighted by molar-refractivity contribution is -0.154. The van der Waals surface area contributed by atoms with E-state index in [9.17, 15) is 9.90 Å². The van der Waals surface area contributed by atoms with Gasteiger partial charge in [0, 0.05) is 6.54 Å². The maximum Gasteiger partial charge on any atom is 0.323 e. The highest BCUT2D eigenvalue weighted by molar-refractivity contribution is 5.75. The number of aliphatic hydroxyl groups is 1. The molecular weight excluding hydrogens is 242 g/mol. The predicted molar refractivity (Wildman–Crippen MR) is 75.9 cm³/mol. The van der Waals surface area contributed by atoms with E-state index in [4.69, 9.17) is 4.74 Å². The van der Waals surface area contributed by atoms with E-state index in [0.29, 0.717) is 12.5 Å². The summed E-state index contributed by atoms with van der Waals surface area (Å²) in [6, 6.07) is -0.314. The topological polar surface area (TPSA) is 49.8 Å². The monoisotopic (exact) mass is 271 g/mol. The molecule has 1 fully saturated rings. The number of carbonyl (C=O) groups excluding carboxylic acids is 1. The fourth-order valence-corrected chi connectivity index (χ4v) is 2.57. The molecule has 0 aromatic carbocycles. The molecule has 1 aliphatic carbocycles. The third kappa shape index (κ3) is 5.11. The first kappa shape index (κ1) is 16.4. The van der Waals surface area contributed by atoms with E-state index in [2.05, 4.69) is 6.92 Å². The number of carbonyl (C=O) groups is 1. The van der Waals surface area contributed by atoms with Crippen molar-refractivity contribution in [3.8, 4) is 0 Å². The van der Waals surface area contributed by atoms with Gasteiger partial charge in [0.25, 0.3) is 0 Å². The van der Waals surface area contributed by atoms with Crippen LogP contribution in [-0.2, 0) is 9.53 Å². The summed E-state index contributed by atoms with van der Waals surface area (Å²) in [4.78, 5) is 13.8. The first-order chi connectivity index (χ1) is 8.73. The van der Waals surface area contributed by atoms with Crippen LogP contribution in [0.5, 0.6) is 0 Å². The Morgan fingerprint density at radius 1 is 1.37 bits per heavy atom. The lowest BCUT2D eigenvalue weighted by atomic mass is 9.79. The predicted octanol–water partition coefficient (Wildman–Crippen LogP) is 2.20. The summed E-state index contributed by atoms with van der Waals surface area (Å²) in [5, 5.41) is 10.6. The minimum atomic E-state index is -0.645. The van der Waals surface area contributed by atoms with Crippen molar-refractivity contribution in [2.24, 2.45) is 5.92 Å². The van der Waals surface area contributed by atoms with Crippen LogP contribution in [0.25, 0.3) is 0 Å². The van der Waals surface area contributed by atoms with E-state index in [1.165, 1.54) is 0 Å². The van der Waals surface area contributed by atoms with E-state index < -0.39 is 5.60 Å². The summed E-state index contributed by atoms with van der Waals surface area (Å²) in [6.07, 6.45) is 3.68. The van der Waals surface area contributed by atoms with Crippen molar-refractivity contribution in [2.45, 2.75) is 71.1 Å². The van der Waals surface area contributed by atoms with Crippen LogP contribution in [0.3, 0.4) is 0 Å². The van der Waals surface area contributed by atoms with E-state index >= 15 is 0 Å². The van der Waals surface area contributed by atoms with Gasteiger partial charge in [-0.1, -0.05) is 6.92 Å². The minimum absolute atomic E-state index is 0.0954. The fourth-order valence-electron chi connectivity index (χ4n) is 2.57. The number of hydrogen-bond acceptors (Lipinski definition) is 4. The van der Waals surface area contributed by atoms with Crippen LogP contribution < -0.4 is 0 Å². The number of ether oxygens (including phenoxy) is 1. The zero-order chi connectivity index (χ0) is 14.6. The SMILES string of the molecule is CC1CCC(O)(CN(C)C(C)C(=O)OC(C)C)CC1. The summed E-state index contributed by atoms with van der Waals surface area (Å²) in [6.45, 7) is 8.29. The largest absolute Gasteiger partial charge is 0.462 e. The Labute approximate surface area is 117 Å². The maximum atomic E-state index is 11.8. The highest BCUT2D eigenvalue weighted by atomic mass is 16.5. The molecule has 1 aliphatic rings. The van der Waals surface area contributed by atoms with Crippen molar-refractivity contribution in [3.63, 3.8) is 0 Å². The maximum absolute atomic E-state index is 11.8. The Morgan fingerprint density at radius 2 is 1.89 bits per heavy atom. The molecule has 1 saturated carbocycles. The summed E-state index contributed by atoms with van der Waals surface area (Å²) in [7, 11) is 1.88. The van der Waals surface area contributed by atoms with Gasteiger partial charge in [-0.3, -0.25) is 9.69 Å². The quantitative estimate of drug-likeness (QED) is 0.779. The Hall–Kier alpha value is -0.610. The van der Waals surface area contributed by atoms with Crippen molar-refractivity contribution >= 4 is 5.97 Å². The fraction of sp³-hybridized carbons (Fsp3) is 0.933. The van der Waals surface area contributed by atoms with Gasteiger partial charge in [-0.05, 0) is 59.4 Å². The summed E-state index contributed by atoms with van der Waals surface area (Å²) >= 11 is 0. The number of nitrogens with zero attached hydrogens (tertiary/aromatic N) is 1. The zero-order valence-corrected chi connectivity index (χ0v) is 13.0. The van der Waals surface area contributed by atoms with Crippen molar-refractivity contribution in [2.75, 3.05) is 13.6 Å². The second-order valence-electron chi connectivity index (χ2n) is 6.48. The molecule has 0 aromatic rings. The summed E-state index contributed by atoms with van der Waals surface area (Å²) < 4.78 is 5.21. The molecule has 1 N–H and O–H groups in total. The van der Waals surface area contributed by atoms with Crippen LogP contribution in [0, 0.1) is 5.92 Å². The third-order valence-electron chi connectivity index (χ3n) is 4.10. The Morgan fingerprint density at radius 3 is 2.37 bits per heavy atom. The van der Waals surface area contributed by atoms with E-state index in [1.54, 1.807) is 0 Å². The first-order valence-electron chi connectivity index (χ1n) is 7.36. The van der Waals surface area contributed by atoms with Crippen LogP contribution >= 0.6 is 0 Å². The average molecular weight is 271 g/mol. The highest BCUT2D eigenvalue weighted by Gasteiger charge is 2.35. The molecule has 0 saturated heterocycles. The molecule has 1 rings (SSSR count). The van der Waals surface area contributed by atoms with Gasteiger partial charge >= 0.3 is 5.97 Å². The van der Waals surface area contributed by atoms with Crippen LogP contribution in [0.15, 0.2) is 0 Å². The third-order valence-corrected chi connectivity index (χ3v) is 4.10. The van der Waals surface area contributed by atoms with E-state index in [-0.39, 0.29) is 18.1 Å². The number of esters is 1. The van der Waals surface area contributed by atoms with Crippen molar-refractivity contribution < 1.29 is 14.6 Å². The number of hydrogen-bond donors (Lipinski definition) is 1. The average Bonchev–Trinajstić information content (AvgIpc) is 2.31. The highest BCUT2D eigenvalue weighted by Crippen LogP contribution is 2.32. The molecular formula is C15H29NO3. The van der Waals surface area contributed by atoms with Gasteiger partial charge in [0.2, 0.25) is 0 Å². The molecule has 4 nitrogen and oxygen atoms in total. The van der Waals surface area contributed by atoms with Gasteiger partial charge in [-0.15, -0.1) is 0 Å². The van der Waals surface area contributed by atoms with Gasteiger partial charge in [0.05, 0.1) is 11.7 Å². The van der Waals surface area contributed by atoms with Gasteiger partial charge in [0.1, 0.15) is 6.04 Å². The molecule has 0 aromatic heterocycles. The smallest absolute Gasteiger partial charge is 0.323 e. The van der Waals surface area contributed by atoms with Gasteiger partial charge in [-0.25, -0.2) is 0 Å². The zero-order valence-electron chi connectivity index (χ0n) is 13.0. The van der Waals surface area contributed by atoms with Gasteiger partial charge in [-0.2, -0.15) is 0 Å². The van der Waals surface area contributed by atoms with Gasteiger partial charge < -0.3 is 9.84 Å². The van der Waals surface area contributed by atoms with Crippen LogP contribution in [0.2, 0.25) is 0 Å². The molecule has 1 atom stereocenters. The molecule has 0 radical (unpaired) electrons. The van der Waals surface area contributed by atoms with Crippen LogP contribution in [-0.4, -0.2) is 47.3 Å². The second-order valence-corrected chi connectivity index (χ2v) is 6.48. The van der Waals surface area contributed by atoms with Crippen LogP contribution in [0.4, 0.5) is 0 Å². The molecule has 0 amide bonds. The molecule has 112 valence electrons. The number of rotatable bonds is 5. The summed E-state index contributed by atoms with van der Waals surface area (Å²) in [5.41, 5.74) is -0.645. The van der Waals surface area contributed by atoms with Crippen LogP contribution in [0.1, 0.15) is 53.4 Å². The molecule has 1 unspecified atom stereocenters. The van der Waals surface area contributed by atoms with E-state index in [1.807, 2.05) is 32.7 Å². The normalized spacial score (nSPS) is 29.6. The molecule has 4 heteroatoms. The Bertz CT molecular complexity index is 296. The van der Waals surface area contributed by atoms with Gasteiger partial charge in [0.15, 0.2) is 0 Å². The van der Waals surface area contributed by atoms with Crippen molar-refractivity contribution in [3.05, 3.63) is 0 Å². The van der Waals surface area contributed by atoms with E-state index in [0.717, 1.165) is 25.7 Å². The van der Waals surface area contributed by atoms with Crippen molar-refractivity contribution in [1.29, 1.82) is 0 Å². The lowest BCUT2D eigenvalue weighted by Crippen LogP contribution is -2.49. The molecule has 19 heavy (non-hydrogen) atoms. The molecule has 0 bridgehead atoms. The standard InChI is InChI=1S/C15H29NO3/c1-11(2)19-14(17)13(4)16(5)10-15(18)8-6-12(3)7-9-15/h11-13,18H,6-10H2,1-5H3. The summed E-state index contributed by atoms with van der Waals surface area (Å²) in [5.74, 6) is 0.485.